The van der Waals surface area contributed by atoms with E-state index in [0.717, 1.165) is 35.8 Å². The van der Waals surface area contributed by atoms with Crippen LogP contribution >= 0.6 is 11.3 Å². The standard InChI is InChI=1S/C18H18F2N2O2S/c19-13-2-1-12(10-14(13)20)9-11-5-7-22(8-6-11)18(24)16-4-3-15(25-16)17(21)23/h1-4,10-11H,5-9H2,(H2,21,23). The number of nitrogens with zero attached hydrogens (tertiary/aromatic N) is 1. The molecule has 2 amide bonds. The number of amides is 2. The van der Waals surface area contributed by atoms with Gasteiger partial charge >= 0.3 is 0 Å². The molecule has 1 fully saturated rings. The fraction of sp³-hybridized carbons (Fsp3) is 0.333. The number of piperidine rings is 1. The van der Waals surface area contributed by atoms with Crippen LogP contribution in [0.2, 0.25) is 0 Å². The molecule has 0 aliphatic carbocycles. The Bertz CT molecular complexity index is 798. The lowest BCUT2D eigenvalue weighted by Crippen LogP contribution is -2.38. The number of likely N-dealkylation sites (tertiary alicyclic amines) is 1. The summed E-state index contributed by atoms with van der Waals surface area (Å²) in [5.74, 6) is -1.96. The zero-order chi connectivity index (χ0) is 18.0. The zero-order valence-electron chi connectivity index (χ0n) is 13.5. The SMILES string of the molecule is NC(=O)c1ccc(C(=O)N2CCC(Cc3ccc(F)c(F)c3)CC2)s1. The van der Waals surface area contributed by atoms with Gasteiger partial charge in [0.2, 0.25) is 0 Å². The zero-order valence-corrected chi connectivity index (χ0v) is 14.3. The Morgan fingerprint density at radius 2 is 1.76 bits per heavy atom. The van der Waals surface area contributed by atoms with E-state index in [4.69, 9.17) is 5.73 Å². The molecule has 2 N–H and O–H groups in total. The van der Waals surface area contributed by atoms with E-state index in [1.54, 1.807) is 23.1 Å². The summed E-state index contributed by atoms with van der Waals surface area (Å²) < 4.78 is 26.3. The number of primary amides is 1. The van der Waals surface area contributed by atoms with Crippen LogP contribution in [-0.2, 0) is 6.42 Å². The van der Waals surface area contributed by atoms with Gasteiger partial charge in [0.25, 0.3) is 11.8 Å². The number of hydrogen-bond acceptors (Lipinski definition) is 3. The highest BCUT2D eigenvalue weighted by molar-refractivity contribution is 7.15. The molecule has 132 valence electrons. The second kappa shape index (κ2) is 7.31. The van der Waals surface area contributed by atoms with Gasteiger partial charge in [-0.1, -0.05) is 6.07 Å². The third-order valence-corrected chi connectivity index (χ3v) is 5.56. The summed E-state index contributed by atoms with van der Waals surface area (Å²) in [6, 6.07) is 7.18. The van der Waals surface area contributed by atoms with Gasteiger partial charge in [0.15, 0.2) is 11.6 Å². The molecule has 0 unspecified atom stereocenters. The molecule has 1 aromatic heterocycles. The molecule has 0 radical (unpaired) electrons. The summed E-state index contributed by atoms with van der Waals surface area (Å²) in [4.78, 5) is 26.2. The van der Waals surface area contributed by atoms with Gasteiger partial charge in [0.05, 0.1) is 9.75 Å². The number of carbonyl (C=O) groups is 2. The lowest BCUT2D eigenvalue weighted by Gasteiger charge is -2.31. The maximum absolute atomic E-state index is 13.3. The van der Waals surface area contributed by atoms with E-state index < -0.39 is 17.5 Å². The average molecular weight is 364 g/mol. The van der Waals surface area contributed by atoms with Crippen LogP contribution in [0.3, 0.4) is 0 Å². The van der Waals surface area contributed by atoms with Crippen LogP contribution in [0.25, 0.3) is 0 Å². The van der Waals surface area contributed by atoms with Crippen molar-refractivity contribution < 1.29 is 18.4 Å². The summed E-state index contributed by atoms with van der Waals surface area (Å²) in [6.45, 7) is 1.22. The van der Waals surface area contributed by atoms with Crippen LogP contribution < -0.4 is 5.73 Å². The van der Waals surface area contributed by atoms with Crippen molar-refractivity contribution in [1.82, 2.24) is 4.90 Å². The highest BCUT2D eigenvalue weighted by Gasteiger charge is 2.25. The third kappa shape index (κ3) is 4.04. The minimum Gasteiger partial charge on any atom is -0.365 e. The largest absolute Gasteiger partial charge is 0.365 e. The Kier molecular flexibility index (Phi) is 5.13. The van der Waals surface area contributed by atoms with Crippen LogP contribution in [0.4, 0.5) is 8.78 Å². The molecule has 3 rings (SSSR count). The Labute approximate surface area is 148 Å². The van der Waals surface area contributed by atoms with Gasteiger partial charge in [-0.05, 0) is 55.0 Å². The van der Waals surface area contributed by atoms with Crippen LogP contribution in [0, 0.1) is 17.6 Å². The van der Waals surface area contributed by atoms with Gasteiger partial charge in [0.1, 0.15) is 0 Å². The first-order valence-corrected chi connectivity index (χ1v) is 8.88. The van der Waals surface area contributed by atoms with Crippen molar-refractivity contribution in [2.75, 3.05) is 13.1 Å². The van der Waals surface area contributed by atoms with Crippen molar-refractivity contribution in [3.63, 3.8) is 0 Å². The van der Waals surface area contributed by atoms with Crippen LogP contribution in [0.1, 0.15) is 37.7 Å². The van der Waals surface area contributed by atoms with Crippen molar-refractivity contribution >= 4 is 23.2 Å². The summed E-state index contributed by atoms with van der Waals surface area (Å²) in [5, 5.41) is 0. The fourth-order valence-electron chi connectivity index (χ4n) is 3.08. The first-order valence-electron chi connectivity index (χ1n) is 8.07. The highest BCUT2D eigenvalue weighted by Crippen LogP contribution is 2.25. The normalized spacial score (nSPS) is 15.4. The minimum atomic E-state index is -0.838. The Morgan fingerprint density at radius 1 is 1.08 bits per heavy atom. The molecule has 1 aliphatic heterocycles. The molecule has 7 heteroatoms. The number of thiophene rings is 1. The summed E-state index contributed by atoms with van der Waals surface area (Å²) in [7, 11) is 0. The van der Waals surface area contributed by atoms with Crippen molar-refractivity contribution in [2.24, 2.45) is 11.7 Å². The molecule has 0 saturated carbocycles. The summed E-state index contributed by atoms with van der Waals surface area (Å²) in [6.07, 6.45) is 2.28. The molecule has 0 bridgehead atoms. The van der Waals surface area contributed by atoms with E-state index in [1.165, 1.54) is 6.07 Å². The second-order valence-corrected chi connectivity index (χ2v) is 7.30. The number of nitrogens with two attached hydrogens (primary N) is 1. The lowest BCUT2D eigenvalue weighted by molar-refractivity contribution is 0.0695. The first-order chi connectivity index (χ1) is 11.9. The molecule has 1 aliphatic rings. The summed E-state index contributed by atoms with van der Waals surface area (Å²) >= 11 is 1.11. The molecular formula is C18H18F2N2O2S. The quantitative estimate of drug-likeness (QED) is 0.905. The monoisotopic (exact) mass is 364 g/mol. The molecule has 25 heavy (non-hydrogen) atoms. The molecule has 4 nitrogen and oxygen atoms in total. The van der Waals surface area contributed by atoms with Crippen LogP contribution in [0.15, 0.2) is 30.3 Å². The summed E-state index contributed by atoms with van der Waals surface area (Å²) in [5.41, 5.74) is 5.98. The molecule has 0 spiro atoms. The Hall–Kier alpha value is -2.28. The van der Waals surface area contributed by atoms with Gasteiger partial charge in [-0.3, -0.25) is 9.59 Å². The van der Waals surface area contributed by atoms with E-state index in [9.17, 15) is 18.4 Å². The number of halogens is 2. The number of rotatable bonds is 4. The van der Waals surface area contributed by atoms with E-state index >= 15 is 0 Å². The predicted octanol–water partition coefficient (Wildman–Crippen LogP) is 3.22. The average Bonchev–Trinajstić information content (AvgIpc) is 3.09. The van der Waals surface area contributed by atoms with Crippen molar-refractivity contribution in [2.45, 2.75) is 19.3 Å². The first kappa shape index (κ1) is 17.5. The molecule has 2 aromatic rings. The second-order valence-electron chi connectivity index (χ2n) is 6.22. The van der Waals surface area contributed by atoms with Crippen LogP contribution in [0.5, 0.6) is 0 Å². The number of benzene rings is 1. The van der Waals surface area contributed by atoms with Gasteiger partial charge in [-0.25, -0.2) is 8.78 Å². The third-order valence-electron chi connectivity index (χ3n) is 4.47. The van der Waals surface area contributed by atoms with Crippen molar-refractivity contribution in [1.29, 1.82) is 0 Å². The fourth-order valence-corrected chi connectivity index (χ4v) is 3.91. The topological polar surface area (TPSA) is 63.4 Å². The van der Waals surface area contributed by atoms with Crippen molar-refractivity contribution in [3.05, 3.63) is 57.3 Å². The molecule has 2 heterocycles. The van der Waals surface area contributed by atoms with E-state index in [1.807, 2.05) is 0 Å². The minimum absolute atomic E-state index is 0.0937. The molecule has 1 saturated heterocycles. The molecular weight excluding hydrogens is 346 g/mol. The maximum Gasteiger partial charge on any atom is 0.263 e. The van der Waals surface area contributed by atoms with Gasteiger partial charge in [-0.15, -0.1) is 11.3 Å². The smallest absolute Gasteiger partial charge is 0.263 e. The van der Waals surface area contributed by atoms with Crippen molar-refractivity contribution in [3.8, 4) is 0 Å². The lowest BCUT2D eigenvalue weighted by atomic mass is 9.90. The molecule has 0 atom stereocenters. The molecule has 1 aromatic carbocycles. The van der Waals surface area contributed by atoms with E-state index in [2.05, 4.69) is 0 Å². The Balaban J connectivity index is 1.56. The Morgan fingerprint density at radius 3 is 2.36 bits per heavy atom. The van der Waals surface area contributed by atoms with Gasteiger partial charge < -0.3 is 10.6 Å². The van der Waals surface area contributed by atoms with Crippen LogP contribution in [-0.4, -0.2) is 29.8 Å². The van der Waals surface area contributed by atoms with E-state index in [-0.39, 0.29) is 5.91 Å². The van der Waals surface area contributed by atoms with Gasteiger partial charge in [0, 0.05) is 13.1 Å². The highest BCUT2D eigenvalue weighted by atomic mass is 32.1. The van der Waals surface area contributed by atoms with E-state index in [0.29, 0.717) is 35.2 Å². The van der Waals surface area contributed by atoms with Gasteiger partial charge in [-0.2, -0.15) is 0 Å². The predicted molar refractivity (Wildman–Crippen MR) is 91.5 cm³/mol. The maximum atomic E-state index is 13.3. The number of carbonyl (C=O) groups excluding carboxylic acids is 2. The number of hydrogen-bond donors (Lipinski definition) is 1.